The van der Waals surface area contributed by atoms with Crippen LogP contribution in [0.5, 0.6) is 0 Å². The van der Waals surface area contributed by atoms with Crippen LogP contribution in [0.15, 0.2) is 35.2 Å². The third kappa shape index (κ3) is 5.00. The lowest BCUT2D eigenvalue weighted by atomic mass is 9.88. The van der Waals surface area contributed by atoms with E-state index in [2.05, 4.69) is 10.6 Å². The average molecular weight is 378 g/mol. The lowest BCUT2D eigenvalue weighted by molar-refractivity contribution is -0.135. The number of benzene rings is 1. The molecule has 1 aromatic carbocycles. The SMILES string of the molecule is CCCC1(CCC)NC(=O)N(CC(=O)NCCSc2ccccc2)C1=O. The van der Waals surface area contributed by atoms with Crippen molar-refractivity contribution in [3.8, 4) is 0 Å². The molecule has 0 aliphatic carbocycles. The number of amides is 4. The number of imide groups is 1. The first kappa shape index (κ1) is 20.3. The van der Waals surface area contributed by atoms with Crippen molar-refractivity contribution in [2.24, 2.45) is 0 Å². The topological polar surface area (TPSA) is 78.5 Å². The Hall–Kier alpha value is -2.02. The van der Waals surface area contributed by atoms with Gasteiger partial charge in [0.2, 0.25) is 5.91 Å². The van der Waals surface area contributed by atoms with Crippen LogP contribution >= 0.6 is 11.8 Å². The Kier molecular flexibility index (Phi) is 7.50. The maximum Gasteiger partial charge on any atom is 0.325 e. The van der Waals surface area contributed by atoms with Crippen molar-refractivity contribution in [1.29, 1.82) is 0 Å². The van der Waals surface area contributed by atoms with Crippen molar-refractivity contribution in [2.45, 2.75) is 50.0 Å². The van der Waals surface area contributed by atoms with Crippen molar-refractivity contribution in [1.82, 2.24) is 15.5 Å². The summed E-state index contributed by atoms with van der Waals surface area (Å²) in [7, 11) is 0. The van der Waals surface area contributed by atoms with Crippen molar-refractivity contribution in [3.63, 3.8) is 0 Å². The number of thioether (sulfide) groups is 1. The molecule has 0 unspecified atom stereocenters. The molecule has 2 N–H and O–H groups in total. The molecule has 26 heavy (non-hydrogen) atoms. The van der Waals surface area contributed by atoms with Gasteiger partial charge in [0, 0.05) is 17.2 Å². The summed E-state index contributed by atoms with van der Waals surface area (Å²) in [6, 6.07) is 9.46. The quantitative estimate of drug-likeness (QED) is 0.373. The Morgan fingerprint density at radius 3 is 2.42 bits per heavy atom. The minimum absolute atomic E-state index is 0.226. The van der Waals surface area contributed by atoms with Crippen molar-refractivity contribution in [3.05, 3.63) is 30.3 Å². The number of hydrogen-bond acceptors (Lipinski definition) is 4. The molecule has 1 saturated heterocycles. The van der Waals surface area contributed by atoms with Crippen LogP contribution in [0.2, 0.25) is 0 Å². The van der Waals surface area contributed by atoms with Gasteiger partial charge in [0.15, 0.2) is 0 Å². The van der Waals surface area contributed by atoms with E-state index in [1.807, 2.05) is 44.2 Å². The fourth-order valence-electron chi connectivity index (χ4n) is 3.21. The number of carbonyl (C=O) groups is 3. The fraction of sp³-hybridized carbons (Fsp3) is 0.526. The Balaban J connectivity index is 1.82. The highest BCUT2D eigenvalue weighted by atomic mass is 32.2. The van der Waals surface area contributed by atoms with Gasteiger partial charge in [-0.15, -0.1) is 11.8 Å². The van der Waals surface area contributed by atoms with Gasteiger partial charge < -0.3 is 10.6 Å². The van der Waals surface area contributed by atoms with E-state index in [0.717, 1.165) is 28.4 Å². The number of nitrogens with zero attached hydrogens (tertiary/aromatic N) is 1. The zero-order chi connectivity index (χ0) is 19.0. The van der Waals surface area contributed by atoms with Crippen molar-refractivity contribution in [2.75, 3.05) is 18.8 Å². The summed E-state index contributed by atoms with van der Waals surface area (Å²) in [5.74, 6) is 0.136. The van der Waals surface area contributed by atoms with Gasteiger partial charge >= 0.3 is 6.03 Å². The summed E-state index contributed by atoms with van der Waals surface area (Å²) in [5, 5.41) is 5.60. The molecule has 0 aromatic heterocycles. The third-order valence-corrected chi connectivity index (χ3v) is 5.35. The second-order valence-corrected chi connectivity index (χ2v) is 7.58. The van der Waals surface area contributed by atoms with Gasteiger partial charge in [-0.1, -0.05) is 44.9 Å². The average Bonchev–Trinajstić information content (AvgIpc) is 2.85. The second-order valence-electron chi connectivity index (χ2n) is 6.42. The molecule has 4 amide bonds. The predicted octanol–water partition coefficient (Wildman–Crippen LogP) is 2.79. The summed E-state index contributed by atoms with van der Waals surface area (Å²) in [6.45, 7) is 4.22. The largest absolute Gasteiger partial charge is 0.354 e. The standard InChI is InChI=1S/C19H27N3O3S/c1-3-10-19(11-4-2)17(24)22(18(25)21-19)14-16(23)20-12-13-26-15-8-6-5-7-9-15/h5-9H,3-4,10-14H2,1-2H3,(H,20,23)(H,21,25). The lowest BCUT2D eigenvalue weighted by Crippen LogP contribution is -2.47. The normalized spacial score (nSPS) is 15.8. The zero-order valence-electron chi connectivity index (χ0n) is 15.4. The maximum atomic E-state index is 12.7. The van der Waals surface area contributed by atoms with Crippen LogP contribution in [-0.2, 0) is 9.59 Å². The fourth-order valence-corrected chi connectivity index (χ4v) is 4.00. The van der Waals surface area contributed by atoms with E-state index >= 15 is 0 Å². The molecule has 1 aromatic rings. The molecule has 0 radical (unpaired) electrons. The first-order valence-corrected chi connectivity index (χ1v) is 10.1. The molecule has 1 fully saturated rings. The van der Waals surface area contributed by atoms with E-state index in [-0.39, 0.29) is 18.4 Å². The zero-order valence-corrected chi connectivity index (χ0v) is 16.2. The van der Waals surface area contributed by atoms with Crippen LogP contribution < -0.4 is 10.6 Å². The summed E-state index contributed by atoms with van der Waals surface area (Å²) < 4.78 is 0. The number of urea groups is 1. The molecular weight excluding hydrogens is 350 g/mol. The lowest BCUT2D eigenvalue weighted by Gasteiger charge is -2.25. The van der Waals surface area contributed by atoms with Crippen molar-refractivity contribution < 1.29 is 14.4 Å². The van der Waals surface area contributed by atoms with E-state index in [1.54, 1.807) is 11.8 Å². The maximum absolute atomic E-state index is 12.7. The molecule has 0 bridgehead atoms. The van der Waals surface area contributed by atoms with Crippen LogP contribution in [0.25, 0.3) is 0 Å². The number of hydrogen-bond donors (Lipinski definition) is 2. The molecule has 0 atom stereocenters. The molecule has 6 nitrogen and oxygen atoms in total. The molecule has 0 spiro atoms. The summed E-state index contributed by atoms with van der Waals surface area (Å²) in [6.07, 6.45) is 2.78. The first-order chi connectivity index (χ1) is 12.5. The molecule has 2 rings (SSSR count). The Labute approximate surface area is 159 Å². The Morgan fingerprint density at radius 2 is 1.81 bits per heavy atom. The number of rotatable bonds is 10. The number of carbonyl (C=O) groups excluding carboxylic acids is 3. The molecule has 1 heterocycles. The molecule has 1 aliphatic heterocycles. The molecule has 0 saturated carbocycles. The summed E-state index contributed by atoms with van der Waals surface area (Å²) in [4.78, 5) is 39.3. The van der Waals surface area contributed by atoms with E-state index in [1.165, 1.54) is 0 Å². The van der Waals surface area contributed by atoms with E-state index in [9.17, 15) is 14.4 Å². The Bertz CT molecular complexity index is 630. The van der Waals surface area contributed by atoms with Gasteiger partial charge in [-0.05, 0) is 25.0 Å². The van der Waals surface area contributed by atoms with Crippen molar-refractivity contribution >= 4 is 29.6 Å². The first-order valence-electron chi connectivity index (χ1n) is 9.11. The highest BCUT2D eigenvalue weighted by Crippen LogP contribution is 2.27. The second kappa shape index (κ2) is 9.62. The van der Waals surface area contributed by atoms with Crippen LogP contribution in [-0.4, -0.2) is 47.1 Å². The minimum atomic E-state index is -0.843. The Morgan fingerprint density at radius 1 is 1.15 bits per heavy atom. The van der Waals surface area contributed by atoms with Gasteiger partial charge in [0.25, 0.3) is 5.91 Å². The summed E-state index contributed by atoms with van der Waals surface area (Å²) in [5.41, 5.74) is -0.843. The number of nitrogens with one attached hydrogen (secondary N) is 2. The molecular formula is C19H27N3O3S. The van der Waals surface area contributed by atoms with Gasteiger partial charge in [0.05, 0.1) is 0 Å². The summed E-state index contributed by atoms with van der Waals surface area (Å²) >= 11 is 1.64. The van der Waals surface area contributed by atoms with Gasteiger partial charge in [-0.2, -0.15) is 0 Å². The van der Waals surface area contributed by atoms with Crippen LogP contribution in [0.3, 0.4) is 0 Å². The monoisotopic (exact) mass is 377 g/mol. The van der Waals surface area contributed by atoms with Crippen LogP contribution in [0.1, 0.15) is 39.5 Å². The minimum Gasteiger partial charge on any atom is -0.354 e. The molecule has 142 valence electrons. The van der Waals surface area contributed by atoms with E-state index < -0.39 is 11.6 Å². The smallest absolute Gasteiger partial charge is 0.325 e. The van der Waals surface area contributed by atoms with Gasteiger partial charge in [0.1, 0.15) is 12.1 Å². The van der Waals surface area contributed by atoms with Gasteiger partial charge in [-0.3, -0.25) is 14.5 Å². The molecule has 1 aliphatic rings. The van der Waals surface area contributed by atoms with Crippen LogP contribution in [0.4, 0.5) is 4.79 Å². The highest BCUT2D eigenvalue weighted by molar-refractivity contribution is 7.99. The van der Waals surface area contributed by atoms with E-state index in [4.69, 9.17) is 0 Å². The van der Waals surface area contributed by atoms with E-state index in [0.29, 0.717) is 19.4 Å². The highest BCUT2D eigenvalue weighted by Gasteiger charge is 2.50. The molecule has 7 heteroatoms. The van der Waals surface area contributed by atoms with Crippen LogP contribution in [0, 0.1) is 0 Å². The predicted molar refractivity (Wildman–Crippen MR) is 103 cm³/mol. The van der Waals surface area contributed by atoms with Gasteiger partial charge in [-0.25, -0.2) is 4.79 Å². The third-order valence-electron chi connectivity index (χ3n) is 4.34.